The quantitative estimate of drug-likeness (QED) is 0.906. The van der Waals surface area contributed by atoms with Gasteiger partial charge < -0.3 is 10.6 Å². The zero-order chi connectivity index (χ0) is 17.0. The Hall–Kier alpha value is -2.62. The minimum atomic E-state index is -0.282. The Bertz CT molecular complexity index is 696. The van der Waals surface area contributed by atoms with Gasteiger partial charge in [-0.1, -0.05) is 17.7 Å². The van der Waals surface area contributed by atoms with E-state index in [1.54, 1.807) is 36.4 Å². The van der Waals surface area contributed by atoms with Crippen molar-refractivity contribution < 1.29 is 9.59 Å². The molecule has 0 fully saturated rings. The second kappa shape index (κ2) is 6.65. The van der Waals surface area contributed by atoms with E-state index >= 15 is 0 Å². The molecule has 0 aromatic heterocycles. The highest BCUT2D eigenvalue weighted by atomic mass is 16.2. The van der Waals surface area contributed by atoms with Gasteiger partial charge in [-0.25, -0.2) is 0 Å². The Labute approximate surface area is 136 Å². The van der Waals surface area contributed by atoms with Crippen LogP contribution in [0.4, 0.5) is 5.69 Å². The molecule has 0 aliphatic heterocycles. The van der Waals surface area contributed by atoms with Gasteiger partial charge in [0.05, 0.1) is 0 Å². The predicted molar refractivity (Wildman–Crippen MR) is 92.8 cm³/mol. The van der Waals surface area contributed by atoms with Crippen molar-refractivity contribution >= 4 is 17.5 Å². The Morgan fingerprint density at radius 1 is 0.783 bits per heavy atom. The minimum Gasteiger partial charge on any atom is -0.347 e. The highest BCUT2D eigenvalue weighted by Gasteiger charge is 2.15. The topological polar surface area (TPSA) is 58.2 Å². The largest absolute Gasteiger partial charge is 0.347 e. The van der Waals surface area contributed by atoms with E-state index in [1.807, 2.05) is 39.8 Å². The summed E-state index contributed by atoms with van der Waals surface area (Å²) in [6.45, 7) is 7.77. The molecule has 4 nitrogen and oxygen atoms in total. The molecular weight excluding hydrogens is 288 g/mol. The standard InChI is InChI=1S/C19H22N2O2/c1-13-5-7-14(8-6-13)17(22)20-16-11-9-15(10-12-16)18(23)21-19(2,3)4/h5-12H,1-4H3,(H,20,22)(H,21,23). The Morgan fingerprint density at radius 3 is 1.78 bits per heavy atom. The van der Waals surface area contributed by atoms with Crippen LogP contribution in [-0.2, 0) is 0 Å². The second-order valence-electron chi connectivity index (χ2n) is 6.60. The maximum Gasteiger partial charge on any atom is 0.255 e. The van der Waals surface area contributed by atoms with Crippen molar-refractivity contribution in [2.24, 2.45) is 0 Å². The number of rotatable bonds is 3. The van der Waals surface area contributed by atoms with Crippen molar-refractivity contribution in [2.45, 2.75) is 33.2 Å². The fourth-order valence-corrected chi connectivity index (χ4v) is 2.03. The summed E-state index contributed by atoms with van der Waals surface area (Å²) >= 11 is 0. The van der Waals surface area contributed by atoms with Crippen molar-refractivity contribution in [3.8, 4) is 0 Å². The average Bonchev–Trinajstić information content (AvgIpc) is 2.46. The number of nitrogens with one attached hydrogen (secondary N) is 2. The van der Waals surface area contributed by atoms with Gasteiger partial charge in [-0.3, -0.25) is 9.59 Å². The molecule has 0 saturated carbocycles. The van der Waals surface area contributed by atoms with Crippen LogP contribution in [0.25, 0.3) is 0 Å². The molecule has 0 unspecified atom stereocenters. The van der Waals surface area contributed by atoms with Gasteiger partial charge in [-0.2, -0.15) is 0 Å². The first-order chi connectivity index (χ1) is 10.7. The van der Waals surface area contributed by atoms with Crippen LogP contribution in [0, 0.1) is 6.92 Å². The van der Waals surface area contributed by atoms with Gasteiger partial charge in [0.1, 0.15) is 0 Å². The molecule has 2 aromatic carbocycles. The van der Waals surface area contributed by atoms with Gasteiger partial charge in [0.15, 0.2) is 0 Å². The third-order valence-corrected chi connectivity index (χ3v) is 3.21. The van der Waals surface area contributed by atoms with Crippen molar-refractivity contribution in [3.63, 3.8) is 0 Å². The number of amides is 2. The molecule has 0 aliphatic rings. The van der Waals surface area contributed by atoms with E-state index < -0.39 is 0 Å². The Kier molecular flexibility index (Phi) is 4.84. The van der Waals surface area contributed by atoms with E-state index in [1.165, 1.54) is 0 Å². The molecule has 0 saturated heterocycles. The number of carbonyl (C=O) groups excluding carboxylic acids is 2. The molecule has 0 aliphatic carbocycles. The summed E-state index contributed by atoms with van der Waals surface area (Å²) in [5.41, 5.74) is 2.65. The van der Waals surface area contributed by atoms with E-state index in [9.17, 15) is 9.59 Å². The summed E-state index contributed by atoms with van der Waals surface area (Å²) < 4.78 is 0. The van der Waals surface area contributed by atoms with Crippen molar-refractivity contribution in [1.29, 1.82) is 0 Å². The van der Waals surface area contributed by atoms with E-state index in [2.05, 4.69) is 10.6 Å². The first-order valence-electron chi connectivity index (χ1n) is 7.55. The number of benzene rings is 2. The van der Waals surface area contributed by atoms with Crippen LogP contribution in [0.2, 0.25) is 0 Å². The van der Waals surface area contributed by atoms with Crippen LogP contribution >= 0.6 is 0 Å². The molecule has 0 bridgehead atoms. The fourth-order valence-electron chi connectivity index (χ4n) is 2.03. The lowest BCUT2D eigenvalue weighted by atomic mass is 10.1. The zero-order valence-corrected chi connectivity index (χ0v) is 13.9. The summed E-state index contributed by atoms with van der Waals surface area (Å²) in [6.07, 6.45) is 0. The number of carbonyl (C=O) groups is 2. The van der Waals surface area contributed by atoms with Gasteiger partial charge in [0.25, 0.3) is 11.8 Å². The molecule has 0 atom stereocenters. The monoisotopic (exact) mass is 310 g/mol. The third kappa shape index (κ3) is 4.95. The van der Waals surface area contributed by atoms with E-state index in [0.29, 0.717) is 16.8 Å². The molecule has 4 heteroatoms. The summed E-state index contributed by atoms with van der Waals surface area (Å²) in [7, 11) is 0. The average molecular weight is 310 g/mol. The summed E-state index contributed by atoms with van der Waals surface area (Å²) in [4.78, 5) is 24.2. The maximum absolute atomic E-state index is 12.1. The second-order valence-corrected chi connectivity index (χ2v) is 6.60. The number of hydrogen-bond donors (Lipinski definition) is 2. The number of hydrogen-bond acceptors (Lipinski definition) is 2. The lowest BCUT2D eigenvalue weighted by Gasteiger charge is -2.20. The van der Waals surface area contributed by atoms with Crippen LogP contribution in [0.1, 0.15) is 47.1 Å². The molecule has 0 radical (unpaired) electrons. The molecule has 2 rings (SSSR count). The Balaban J connectivity index is 2.04. The predicted octanol–water partition coefficient (Wildman–Crippen LogP) is 3.78. The first kappa shape index (κ1) is 16.7. The van der Waals surface area contributed by atoms with Gasteiger partial charge in [-0.15, -0.1) is 0 Å². The minimum absolute atomic E-state index is 0.131. The van der Waals surface area contributed by atoms with E-state index in [0.717, 1.165) is 5.56 Å². The van der Waals surface area contributed by atoms with Crippen LogP contribution in [0.15, 0.2) is 48.5 Å². The van der Waals surface area contributed by atoms with Gasteiger partial charge in [-0.05, 0) is 64.1 Å². The van der Waals surface area contributed by atoms with Crippen LogP contribution in [0.3, 0.4) is 0 Å². The molecule has 2 aromatic rings. The SMILES string of the molecule is Cc1ccc(C(=O)Nc2ccc(C(=O)NC(C)(C)C)cc2)cc1. The molecular formula is C19H22N2O2. The van der Waals surface area contributed by atoms with Crippen LogP contribution in [0.5, 0.6) is 0 Å². The molecule has 2 amide bonds. The molecule has 120 valence electrons. The maximum atomic E-state index is 12.1. The van der Waals surface area contributed by atoms with Crippen molar-refractivity contribution in [1.82, 2.24) is 5.32 Å². The lowest BCUT2D eigenvalue weighted by molar-refractivity contribution is 0.0919. The summed E-state index contributed by atoms with van der Waals surface area (Å²) in [5, 5.41) is 5.72. The summed E-state index contributed by atoms with van der Waals surface area (Å²) in [5.74, 6) is -0.300. The summed E-state index contributed by atoms with van der Waals surface area (Å²) in [6, 6.07) is 14.2. The molecule has 23 heavy (non-hydrogen) atoms. The normalized spacial score (nSPS) is 11.0. The van der Waals surface area contributed by atoms with Crippen LogP contribution < -0.4 is 10.6 Å². The third-order valence-electron chi connectivity index (χ3n) is 3.21. The number of aryl methyl sites for hydroxylation is 1. The van der Waals surface area contributed by atoms with Gasteiger partial charge in [0, 0.05) is 22.4 Å². The van der Waals surface area contributed by atoms with Gasteiger partial charge >= 0.3 is 0 Å². The fraction of sp³-hybridized carbons (Fsp3) is 0.263. The highest BCUT2D eigenvalue weighted by Crippen LogP contribution is 2.13. The lowest BCUT2D eigenvalue weighted by Crippen LogP contribution is -2.40. The number of anilines is 1. The molecule has 2 N–H and O–H groups in total. The van der Waals surface area contributed by atoms with Crippen molar-refractivity contribution in [2.75, 3.05) is 5.32 Å². The van der Waals surface area contributed by atoms with Crippen molar-refractivity contribution in [3.05, 3.63) is 65.2 Å². The Morgan fingerprint density at radius 2 is 1.26 bits per heavy atom. The molecule has 0 heterocycles. The molecule has 0 spiro atoms. The highest BCUT2D eigenvalue weighted by molar-refractivity contribution is 6.04. The van der Waals surface area contributed by atoms with E-state index in [-0.39, 0.29) is 17.4 Å². The zero-order valence-electron chi connectivity index (χ0n) is 13.9. The van der Waals surface area contributed by atoms with Crippen LogP contribution in [-0.4, -0.2) is 17.4 Å². The van der Waals surface area contributed by atoms with E-state index in [4.69, 9.17) is 0 Å². The first-order valence-corrected chi connectivity index (χ1v) is 7.55. The smallest absolute Gasteiger partial charge is 0.255 e. The van der Waals surface area contributed by atoms with Gasteiger partial charge in [0.2, 0.25) is 0 Å².